The number of hydrogen-bond acceptors (Lipinski definition) is 2. The standard InChI is InChI=1S/C13H19FN2/c14-13(12-5-7-16-8-6-12)11-3-1-10(9-15)2-4-11/h1-4,12-13,16H,5-9,15H2. The van der Waals surface area contributed by atoms with Crippen molar-refractivity contribution in [3.05, 3.63) is 35.4 Å². The van der Waals surface area contributed by atoms with Crippen LogP contribution < -0.4 is 11.1 Å². The van der Waals surface area contributed by atoms with Crippen LogP contribution in [-0.4, -0.2) is 13.1 Å². The van der Waals surface area contributed by atoms with Crippen LogP contribution in [0.5, 0.6) is 0 Å². The van der Waals surface area contributed by atoms with Crippen LogP contribution in [0, 0.1) is 5.92 Å². The van der Waals surface area contributed by atoms with Gasteiger partial charge in [0, 0.05) is 6.54 Å². The van der Waals surface area contributed by atoms with E-state index in [1.165, 1.54) is 0 Å². The van der Waals surface area contributed by atoms with Gasteiger partial charge >= 0.3 is 0 Å². The first-order valence-corrected chi connectivity index (χ1v) is 5.95. The fourth-order valence-corrected chi connectivity index (χ4v) is 2.25. The second kappa shape index (κ2) is 5.41. The van der Waals surface area contributed by atoms with Gasteiger partial charge in [-0.1, -0.05) is 24.3 Å². The number of nitrogens with two attached hydrogens (primary N) is 1. The molecule has 1 aliphatic heterocycles. The molecule has 3 N–H and O–H groups in total. The Hall–Kier alpha value is -0.930. The van der Waals surface area contributed by atoms with E-state index in [1.807, 2.05) is 24.3 Å². The van der Waals surface area contributed by atoms with Gasteiger partial charge in [0.1, 0.15) is 6.17 Å². The zero-order valence-electron chi connectivity index (χ0n) is 9.45. The number of halogens is 1. The number of benzene rings is 1. The predicted octanol–water partition coefficient (Wildman–Crippen LogP) is 2.16. The Balaban J connectivity index is 2.04. The summed E-state index contributed by atoms with van der Waals surface area (Å²) in [6.07, 6.45) is 1.04. The maximum absolute atomic E-state index is 14.2. The van der Waals surface area contributed by atoms with E-state index in [0.717, 1.165) is 37.1 Å². The lowest BCUT2D eigenvalue weighted by atomic mass is 9.89. The van der Waals surface area contributed by atoms with E-state index in [2.05, 4.69) is 5.32 Å². The molecule has 1 heterocycles. The second-order valence-corrected chi connectivity index (χ2v) is 4.43. The van der Waals surface area contributed by atoms with Crippen molar-refractivity contribution in [2.45, 2.75) is 25.6 Å². The maximum atomic E-state index is 14.2. The third kappa shape index (κ3) is 2.60. The summed E-state index contributed by atoms with van der Waals surface area (Å²) < 4.78 is 14.2. The fourth-order valence-electron chi connectivity index (χ4n) is 2.25. The normalized spacial score (nSPS) is 19.6. The average molecular weight is 222 g/mol. The van der Waals surface area contributed by atoms with E-state index in [1.54, 1.807) is 0 Å². The highest BCUT2D eigenvalue weighted by molar-refractivity contribution is 5.24. The van der Waals surface area contributed by atoms with Crippen LogP contribution in [0.4, 0.5) is 4.39 Å². The van der Waals surface area contributed by atoms with E-state index in [0.29, 0.717) is 6.54 Å². The summed E-state index contributed by atoms with van der Waals surface area (Å²) in [6.45, 7) is 2.39. The van der Waals surface area contributed by atoms with Crippen molar-refractivity contribution in [1.82, 2.24) is 5.32 Å². The predicted molar refractivity (Wildman–Crippen MR) is 63.8 cm³/mol. The molecule has 1 unspecified atom stereocenters. The molecule has 0 spiro atoms. The third-order valence-corrected chi connectivity index (χ3v) is 3.33. The molecule has 1 aromatic rings. The minimum atomic E-state index is -0.825. The molecule has 16 heavy (non-hydrogen) atoms. The van der Waals surface area contributed by atoms with Crippen LogP contribution in [0.15, 0.2) is 24.3 Å². The SMILES string of the molecule is NCc1ccc(C(F)C2CCNCC2)cc1. The molecule has 1 atom stereocenters. The van der Waals surface area contributed by atoms with Crippen molar-refractivity contribution in [3.8, 4) is 0 Å². The molecule has 0 radical (unpaired) electrons. The van der Waals surface area contributed by atoms with Gasteiger partial charge in [-0.2, -0.15) is 0 Å². The van der Waals surface area contributed by atoms with E-state index in [4.69, 9.17) is 5.73 Å². The van der Waals surface area contributed by atoms with Crippen LogP contribution in [0.3, 0.4) is 0 Å². The summed E-state index contributed by atoms with van der Waals surface area (Å²) in [4.78, 5) is 0. The molecule has 0 saturated carbocycles. The third-order valence-electron chi connectivity index (χ3n) is 3.33. The Bertz CT molecular complexity index is 317. The Kier molecular flexibility index (Phi) is 3.91. The van der Waals surface area contributed by atoms with Crippen molar-refractivity contribution in [1.29, 1.82) is 0 Å². The molecule has 0 aromatic heterocycles. The molecule has 1 aliphatic rings. The minimum absolute atomic E-state index is 0.171. The number of piperidine rings is 1. The average Bonchev–Trinajstić information content (AvgIpc) is 2.39. The van der Waals surface area contributed by atoms with Gasteiger partial charge in [-0.15, -0.1) is 0 Å². The zero-order chi connectivity index (χ0) is 11.4. The molecule has 3 heteroatoms. The highest BCUT2D eigenvalue weighted by Gasteiger charge is 2.24. The lowest BCUT2D eigenvalue weighted by Crippen LogP contribution is -2.29. The number of hydrogen-bond donors (Lipinski definition) is 2. The van der Waals surface area contributed by atoms with Crippen LogP contribution in [0.1, 0.15) is 30.1 Å². The van der Waals surface area contributed by atoms with Crippen LogP contribution in [0.2, 0.25) is 0 Å². The van der Waals surface area contributed by atoms with Crippen LogP contribution in [-0.2, 0) is 6.54 Å². The van der Waals surface area contributed by atoms with Crippen molar-refractivity contribution in [2.24, 2.45) is 11.7 Å². The molecule has 1 aromatic carbocycles. The maximum Gasteiger partial charge on any atom is 0.128 e. The number of nitrogens with one attached hydrogen (secondary N) is 1. The summed E-state index contributed by atoms with van der Waals surface area (Å²) >= 11 is 0. The first kappa shape index (κ1) is 11.6. The summed E-state index contributed by atoms with van der Waals surface area (Å²) in [5, 5.41) is 3.26. The highest BCUT2D eigenvalue weighted by Crippen LogP contribution is 2.32. The highest BCUT2D eigenvalue weighted by atomic mass is 19.1. The molecule has 88 valence electrons. The molecule has 0 amide bonds. The van der Waals surface area contributed by atoms with Gasteiger partial charge in [0.25, 0.3) is 0 Å². The van der Waals surface area contributed by atoms with Crippen molar-refractivity contribution >= 4 is 0 Å². The molecule has 2 nitrogen and oxygen atoms in total. The Morgan fingerprint density at radius 2 is 1.88 bits per heavy atom. The molecule has 0 aliphatic carbocycles. The molecule has 1 fully saturated rings. The van der Waals surface area contributed by atoms with Gasteiger partial charge in [-0.25, -0.2) is 4.39 Å². The largest absolute Gasteiger partial charge is 0.326 e. The monoisotopic (exact) mass is 222 g/mol. The van der Waals surface area contributed by atoms with Crippen LogP contribution in [0.25, 0.3) is 0 Å². The lowest BCUT2D eigenvalue weighted by Gasteiger charge is -2.26. The summed E-state index contributed by atoms with van der Waals surface area (Å²) in [5.41, 5.74) is 7.37. The van der Waals surface area contributed by atoms with E-state index < -0.39 is 6.17 Å². The number of alkyl halides is 1. The first-order valence-electron chi connectivity index (χ1n) is 5.95. The van der Waals surface area contributed by atoms with E-state index in [-0.39, 0.29) is 5.92 Å². The van der Waals surface area contributed by atoms with Crippen LogP contribution >= 0.6 is 0 Å². The van der Waals surface area contributed by atoms with Crippen molar-refractivity contribution < 1.29 is 4.39 Å². The quantitative estimate of drug-likeness (QED) is 0.822. The van der Waals surface area contributed by atoms with Gasteiger partial charge in [-0.05, 0) is 43.0 Å². The van der Waals surface area contributed by atoms with Crippen molar-refractivity contribution in [2.75, 3.05) is 13.1 Å². The Morgan fingerprint density at radius 1 is 1.25 bits per heavy atom. The first-order chi connectivity index (χ1) is 7.81. The molecule has 2 rings (SSSR count). The van der Waals surface area contributed by atoms with Crippen molar-refractivity contribution in [3.63, 3.8) is 0 Å². The minimum Gasteiger partial charge on any atom is -0.326 e. The lowest BCUT2D eigenvalue weighted by molar-refractivity contribution is 0.190. The van der Waals surface area contributed by atoms with Gasteiger partial charge in [0.05, 0.1) is 0 Å². The Labute approximate surface area is 96.0 Å². The topological polar surface area (TPSA) is 38.0 Å². The fraction of sp³-hybridized carbons (Fsp3) is 0.538. The van der Waals surface area contributed by atoms with Gasteiger partial charge < -0.3 is 11.1 Å². The smallest absolute Gasteiger partial charge is 0.128 e. The second-order valence-electron chi connectivity index (χ2n) is 4.43. The van der Waals surface area contributed by atoms with E-state index in [9.17, 15) is 4.39 Å². The van der Waals surface area contributed by atoms with Gasteiger partial charge in [-0.3, -0.25) is 0 Å². The van der Waals surface area contributed by atoms with Gasteiger partial charge in [0.15, 0.2) is 0 Å². The molecular formula is C13H19FN2. The van der Waals surface area contributed by atoms with Gasteiger partial charge in [0.2, 0.25) is 0 Å². The summed E-state index contributed by atoms with van der Waals surface area (Å²) in [7, 11) is 0. The number of rotatable bonds is 3. The molecular weight excluding hydrogens is 203 g/mol. The van der Waals surface area contributed by atoms with E-state index >= 15 is 0 Å². The summed E-state index contributed by atoms with van der Waals surface area (Å²) in [5.74, 6) is 0.171. The summed E-state index contributed by atoms with van der Waals surface area (Å²) in [6, 6.07) is 7.58. The zero-order valence-corrected chi connectivity index (χ0v) is 9.45. The molecule has 1 saturated heterocycles. The Morgan fingerprint density at radius 3 is 2.44 bits per heavy atom. The molecule has 0 bridgehead atoms.